The standard InChI is InChI=1S/C18H29N/c1-5-19-18-11-10-17(14(18)4)12-15-6-8-16(9-7-15)13(2)3/h6-9,13-14,17-19H,5,10-12H2,1-4H3. The molecule has 3 atom stereocenters. The van der Waals surface area contributed by atoms with E-state index in [4.69, 9.17) is 0 Å². The van der Waals surface area contributed by atoms with Gasteiger partial charge in [0.25, 0.3) is 0 Å². The second kappa shape index (κ2) is 6.56. The molecule has 1 aliphatic carbocycles. The molecule has 0 aromatic heterocycles. The normalized spacial score (nSPS) is 27.1. The van der Waals surface area contributed by atoms with Crippen LogP contribution in [-0.2, 0) is 6.42 Å². The maximum Gasteiger partial charge on any atom is 0.00954 e. The SMILES string of the molecule is CCNC1CCC(Cc2ccc(C(C)C)cc2)C1C. The molecule has 3 unspecified atom stereocenters. The van der Waals surface area contributed by atoms with Crippen molar-refractivity contribution < 1.29 is 0 Å². The monoisotopic (exact) mass is 259 g/mol. The summed E-state index contributed by atoms with van der Waals surface area (Å²) in [5, 5.41) is 3.63. The maximum absolute atomic E-state index is 3.63. The third-order valence-corrected chi connectivity index (χ3v) is 4.84. The van der Waals surface area contributed by atoms with Crippen molar-refractivity contribution in [2.24, 2.45) is 11.8 Å². The van der Waals surface area contributed by atoms with Gasteiger partial charge in [0.15, 0.2) is 0 Å². The molecule has 2 rings (SSSR count). The topological polar surface area (TPSA) is 12.0 Å². The van der Waals surface area contributed by atoms with Crippen molar-refractivity contribution in [1.82, 2.24) is 5.32 Å². The molecule has 0 saturated heterocycles. The Hall–Kier alpha value is -0.820. The van der Waals surface area contributed by atoms with Crippen LogP contribution in [-0.4, -0.2) is 12.6 Å². The predicted octanol–water partition coefficient (Wildman–Crippen LogP) is 4.38. The first-order chi connectivity index (χ1) is 9.11. The highest BCUT2D eigenvalue weighted by atomic mass is 14.9. The Balaban J connectivity index is 1.94. The van der Waals surface area contributed by atoms with Crippen molar-refractivity contribution in [2.45, 2.75) is 58.9 Å². The maximum atomic E-state index is 3.63. The van der Waals surface area contributed by atoms with Gasteiger partial charge < -0.3 is 5.32 Å². The Morgan fingerprint density at radius 1 is 1.16 bits per heavy atom. The quantitative estimate of drug-likeness (QED) is 0.827. The van der Waals surface area contributed by atoms with Gasteiger partial charge in [-0.15, -0.1) is 0 Å². The van der Waals surface area contributed by atoms with Gasteiger partial charge in [-0.2, -0.15) is 0 Å². The molecule has 0 radical (unpaired) electrons. The lowest BCUT2D eigenvalue weighted by molar-refractivity contribution is 0.355. The molecule has 0 spiro atoms. The highest BCUT2D eigenvalue weighted by molar-refractivity contribution is 5.25. The minimum absolute atomic E-state index is 0.637. The molecule has 1 nitrogen and oxygen atoms in total. The van der Waals surface area contributed by atoms with Crippen molar-refractivity contribution in [2.75, 3.05) is 6.54 Å². The van der Waals surface area contributed by atoms with E-state index in [-0.39, 0.29) is 0 Å². The van der Waals surface area contributed by atoms with Gasteiger partial charge in [-0.1, -0.05) is 52.0 Å². The number of rotatable bonds is 5. The Bertz CT molecular complexity index is 379. The molecule has 1 heteroatoms. The molecule has 0 amide bonds. The number of nitrogens with one attached hydrogen (secondary N) is 1. The first kappa shape index (κ1) is 14.6. The lowest BCUT2D eigenvalue weighted by Gasteiger charge is -2.21. The molecular weight excluding hydrogens is 230 g/mol. The average molecular weight is 259 g/mol. The summed E-state index contributed by atoms with van der Waals surface area (Å²) in [7, 11) is 0. The zero-order valence-corrected chi connectivity index (χ0v) is 12.9. The first-order valence-electron chi connectivity index (χ1n) is 7.94. The van der Waals surface area contributed by atoms with Gasteiger partial charge in [-0.3, -0.25) is 0 Å². The fourth-order valence-electron chi connectivity index (χ4n) is 3.43. The van der Waals surface area contributed by atoms with E-state index >= 15 is 0 Å². The van der Waals surface area contributed by atoms with E-state index in [0.29, 0.717) is 5.92 Å². The molecular formula is C18H29N. The minimum Gasteiger partial charge on any atom is -0.314 e. The molecule has 1 aliphatic rings. The average Bonchev–Trinajstić information content (AvgIpc) is 2.73. The summed E-state index contributed by atoms with van der Waals surface area (Å²) in [6.45, 7) is 10.3. The van der Waals surface area contributed by atoms with E-state index in [2.05, 4.69) is 57.3 Å². The predicted molar refractivity (Wildman–Crippen MR) is 83.6 cm³/mol. The molecule has 0 aliphatic heterocycles. The Labute approximate surface area is 118 Å². The molecule has 0 bridgehead atoms. The van der Waals surface area contributed by atoms with E-state index in [1.807, 2.05) is 0 Å². The van der Waals surface area contributed by atoms with Gasteiger partial charge in [0.2, 0.25) is 0 Å². The van der Waals surface area contributed by atoms with Gasteiger partial charge in [-0.25, -0.2) is 0 Å². The summed E-state index contributed by atoms with van der Waals surface area (Å²) in [5.41, 5.74) is 2.96. The Morgan fingerprint density at radius 2 is 1.84 bits per heavy atom. The number of hydrogen-bond acceptors (Lipinski definition) is 1. The third-order valence-electron chi connectivity index (χ3n) is 4.84. The summed E-state index contributed by atoms with van der Waals surface area (Å²) in [6.07, 6.45) is 3.98. The summed E-state index contributed by atoms with van der Waals surface area (Å²) >= 11 is 0. The van der Waals surface area contributed by atoms with Crippen LogP contribution in [0.15, 0.2) is 24.3 Å². The van der Waals surface area contributed by atoms with Gasteiger partial charge in [0, 0.05) is 6.04 Å². The molecule has 1 N–H and O–H groups in total. The Morgan fingerprint density at radius 3 is 2.42 bits per heavy atom. The van der Waals surface area contributed by atoms with Crippen LogP contribution in [0.2, 0.25) is 0 Å². The zero-order valence-electron chi connectivity index (χ0n) is 12.9. The van der Waals surface area contributed by atoms with Crippen LogP contribution in [0.25, 0.3) is 0 Å². The third kappa shape index (κ3) is 3.60. The van der Waals surface area contributed by atoms with Crippen LogP contribution >= 0.6 is 0 Å². The van der Waals surface area contributed by atoms with E-state index < -0.39 is 0 Å². The lowest BCUT2D eigenvalue weighted by atomic mass is 9.89. The highest BCUT2D eigenvalue weighted by Crippen LogP contribution is 2.34. The van der Waals surface area contributed by atoms with Crippen LogP contribution in [0.1, 0.15) is 57.6 Å². The molecule has 1 aromatic carbocycles. The van der Waals surface area contributed by atoms with Gasteiger partial charge in [0.05, 0.1) is 0 Å². The van der Waals surface area contributed by atoms with E-state index in [9.17, 15) is 0 Å². The van der Waals surface area contributed by atoms with Crippen molar-refractivity contribution in [1.29, 1.82) is 0 Å². The summed E-state index contributed by atoms with van der Waals surface area (Å²) < 4.78 is 0. The van der Waals surface area contributed by atoms with Gasteiger partial charge >= 0.3 is 0 Å². The van der Waals surface area contributed by atoms with Crippen LogP contribution in [0.5, 0.6) is 0 Å². The highest BCUT2D eigenvalue weighted by Gasteiger charge is 2.31. The largest absolute Gasteiger partial charge is 0.314 e. The minimum atomic E-state index is 0.637. The second-order valence-electron chi connectivity index (χ2n) is 6.46. The second-order valence-corrected chi connectivity index (χ2v) is 6.46. The van der Waals surface area contributed by atoms with E-state index in [1.165, 1.54) is 30.4 Å². The van der Waals surface area contributed by atoms with Gasteiger partial charge in [0.1, 0.15) is 0 Å². The molecule has 1 aromatic rings. The zero-order chi connectivity index (χ0) is 13.8. The number of benzene rings is 1. The molecule has 1 saturated carbocycles. The van der Waals surface area contributed by atoms with Crippen molar-refractivity contribution >= 4 is 0 Å². The summed E-state index contributed by atoms with van der Waals surface area (Å²) in [6, 6.07) is 10.0. The number of hydrogen-bond donors (Lipinski definition) is 1. The fourth-order valence-corrected chi connectivity index (χ4v) is 3.43. The van der Waals surface area contributed by atoms with Crippen LogP contribution in [0.3, 0.4) is 0 Å². The van der Waals surface area contributed by atoms with E-state index in [1.54, 1.807) is 0 Å². The summed E-state index contributed by atoms with van der Waals surface area (Å²) in [5.74, 6) is 2.30. The Kier molecular flexibility index (Phi) is 5.04. The van der Waals surface area contributed by atoms with E-state index in [0.717, 1.165) is 24.4 Å². The van der Waals surface area contributed by atoms with Gasteiger partial charge in [-0.05, 0) is 54.7 Å². The molecule has 0 heterocycles. The first-order valence-corrected chi connectivity index (χ1v) is 7.94. The molecule has 1 fully saturated rings. The summed E-state index contributed by atoms with van der Waals surface area (Å²) in [4.78, 5) is 0. The molecule has 19 heavy (non-hydrogen) atoms. The molecule has 106 valence electrons. The van der Waals surface area contributed by atoms with Crippen molar-refractivity contribution in [3.05, 3.63) is 35.4 Å². The fraction of sp³-hybridized carbons (Fsp3) is 0.667. The van der Waals surface area contributed by atoms with Crippen molar-refractivity contribution in [3.8, 4) is 0 Å². The van der Waals surface area contributed by atoms with Crippen LogP contribution < -0.4 is 5.32 Å². The lowest BCUT2D eigenvalue weighted by Crippen LogP contribution is -2.32. The smallest absolute Gasteiger partial charge is 0.00954 e. The van der Waals surface area contributed by atoms with Crippen molar-refractivity contribution in [3.63, 3.8) is 0 Å². The van der Waals surface area contributed by atoms with Crippen LogP contribution in [0.4, 0.5) is 0 Å². The van der Waals surface area contributed by atoms with Crippen LogP contribution in [0, 0.1) is 11.8 Å².